The minimum Gasteiger partial charge on any atom is -0.395 e. The van der Waals surface area contributed by atoms with Gasteiger partial charge in [-0.1, -0.05) is 25.7 Å². The Morgan fingerprint density at radius 2 is 2.33 bits per heavy atom. The van der Waals surface area contributed by atoms with Crippen molar-refractivity contribution in [3.63, 3.8) is 0 Å². The highest BCUT2D eigenvalue weighted by molar-refractivity contribution is 5.96. The van der Waals surface area contributed by atoms with E-state index in [0.717, 1.165) is 0 Å². The van der Waals surface area contributed by atoms with Gasteiger partial charge >= 0.3 is 0 Å². The summed E-state index contributed by atoms with van der Waals surface area (Å²) in [6.07, 6.45) is 3.53. The van der Waals surface area contributed by atoms with E-state index < -0.39 is 0 Å². The minimum absolute atomic E-state index is 0.0160. The first-order valence-electron chi connectivity index (χ1n) is 5.97. The van der Waals surface area contributed by atoms with Crippen molar-refractivity contribution in [3.05, 3.63) is 29.6 Å². The summed E-state index contributed by atoms with van der Waals surface area (Å²) in [5, 5.41) is 11.5. The smallest absolute Gasteiger partial charge is 0.252 e. The van der Waals surface area contributed by atoms with Crippen molar-refractivity contribution >= 4 is 5.91 Å². The third kappa shape index (κ3) is 4.56. The molecule has 1 heterocycles. The number of nitrogens with zero attached hydrogens (tertiary/aromatic N) is 1. The standard InChI is InChI=1S/C14H18N2O2/c1-11(2)9-16-14(18)13-6-7-15-10-12(13)5-3-4-8-17/h6-7,10-11,17H,4,8-9H2,1-2H3,(H,16,18). The van der Waals surface area contributed by atoms with Gasteiger partial charge in [0.25, 0.3) is 5.91 Å². The number of rotatable bonds is 4. The molecule has 0 atom stereocenters. The topological polar surface area (TPSA) is 62.2 Å². The Bertz CT molecular complexity index is 458. The summed E-state index contributed by atoms with van der Waals surface area (Å²) in [5.74, 6) is 5.90. The number of carbonyl (C=O) groups is 1. The van der Waals surface area contributed by atoms with Gasteiger partial charge in [0.15, 0.2) is 0 Å². The van der Waals surface area contributed by atoms with E-state index in [0.29, 0.717) is 30.0 Å². The molecular formula is C14H18N2O2. The van der Waals surface area contributed by atoms with Crippen molar-refractivity contribution < 1.29 is 9.90 Å². The van der Waals surface area contributed by atoms with Gasteiger partial charge in [0.05, 0.1) is 17.7 Å². The van der Waals surface area contributed by atoms with Gasteiger partial charge in [-0.15, -0.1) is 0 Å². The van der Waals surface area contributed by atoms with Gasteiger partial charge in [0.1, 0.15) is 0 Å². The molecule has 1 amide bonds. The Labute approximate surface area is 107 Å². The Hall–Kier alpha value is -1.86. The number of hydrogen-bond donors (Lipinski definition) is 2. The molecule has 18 heavy (non-hydrogen) atoms. The van der Waals surface area contributed by atoms with E-state index in [4.69, 9.17) is 5.11 Å². The summed E-state index contributed by atoms with van der Waals surface area (Å²) in [4.78, 5) is 15.9. The maximum atomic E-state index is 11.9. The molecule has 0 saturated heterocycles. The van der Waals surface area contributed by atoms with Crippen LogP contribution in [0, 0.1) is 17.8 Å². The molecular weight excluding hydrogens is 228 g/mol. The highest BCUT2D eigenvalue weighted by Gasteiger charge is 2.09. The fourth-order valence-electron chi connectivity index (χ4n) is 1.30. The van der Waals surface area contributed by atoms with Crippen molar-refractivity contribution in [3.8, 4) is 11.8 Å². The van der Waals surface area contributed by atoms with Crippen LogP contribution < -0.4 is 5.32 Å². The molecule has 0 aromatic carbocycles. The van der Waals surface area contributed by atoms with E-state index in [9.17, 15) is 4.79 Å². The second-order valence-corrected chi connectivity index (χ2v) is 4.30. The van der Waals surface area contributed by atoms with Crippen LogP contribution in [0.1, 0.15) is 36.2 Å². The minimum atomic E-state index is -0.139. The Morgan fingerprint density at radius 3 is 3.00 bits per heavy atom. The maximum absolute atomic E-state index is 11.9. The lowest BCUT2D eigenvalue weighted by molar-refractivity contribution is 0.0948. The third-order valence-electron chi connectivity index (χ3n) is 2.20. The van der Waals surface area contributed by atoms with Gasteiger partial charge in [-0.2, -0.15) is 0 Å². The molecule has 4 nitrogen and oxygen atoms in total. The monoisotopic (exact) mass is 246 g/mol. The number of amides is 1. The number of nitrogens with one attached hydrogen (secondary N) is 1. The maximum Gasteiger partial charge on any atom is 0.252 e. The molecule has 0 aliphatic carbocycles. The van der Waals surface area contributed by atoms with Crippen LogP contribution in [-0.2, 0) is 0 Å². The van der Waals surface area contributed by atoms with Gasteiger partial charge in [0, 0.05) is 25.4 Å². The summed E-state index contributed by atoms with van der Waals surface area (Å²) in [6.45, 7) is 4.72. The number of aliphatic hydroxyl groups excluding tert-OH is 1. The lowest BCUT2D eigenvalue weighted by atomic mass is 10.1. The summed E-state index contributed by atoms with van der Waals surface area (Å²) < 4.78 is 0. The predicted molar refractivity (Wildman–Crippen MR) is 70.0 cm³/mol. The Kier molecular flexibility index (Phi) is 5.89. The molecule has 1 rings (SSSR count). The highest BCUT2D eigenvalue weighted by atomic mass is 16.2. The first-order chi connectivity index (χ1) is 8.65. The number of aromatic nitrogens is 1. The number of hydrogen-bond acceptors (Lipinski definition) is 3. The quantitative estimate of drug-likeness (QED) is 0.785. The molecule has 1 aromatic heterocycles. The fraction of sp³-hybridized carbons (Fsp3) is 0.429. The first kappa shape index (κ1) is 14.2. The molecule has 96 valence electrons. The Morgan fingerprint density at radius 1 is 1.56 bits per heavy atom. The van der Waals surface area contributed by atoms with Crippen LogP contribution in [0.15, 0.2) is 18.5 Å². The second-order valence-electron chi connectivity index (χ2n) is 4.30. The largest absolute Gasteiger partial charge is 0.395 e. The van der Waals surface area contributed by atoms with Crippen LogP contribution in [0.3, 0.4) is 0 Å². The number of aliphatic hydroxyl groups is 1. The first-order valence-corrected chi connectivity index (χ1v) is 5.97. The van der Waals surface area contributed by atoms with Gasteiger partial charge < -0.3 is 10.4 Å². The van der Waals surface area contributed by atoms with Crippen LogP contribution in [0.5, 0.6) is 0 Å². The Balaban J connectivity index is 2.82. The summed E-state index contributed by atoms with van der Waals surface area (Å²) in [7, 11) is 0. The average Bonchev–Trinajstić information content (AvgIpc) is 2.37. The highest BCUT2D eigenvalue weighted by Crippen LogP contribution is 2.05. The average molecular weight is 246 g/mol. The summed E-state index contributed by atoms with van der Waals surface area (Å²) in [5.41, 5.74) is 1.11. The van der Waals surface area contributed by atoms with Crippen molar-refractivity contribution in [1.82, 2.24) is 10.3 Å². The molecule has 1 aromatic rings. The van der Waals surface area contributed by atoms with Crippen LogP contribution >= 0.6 is 0 Å². The second kappa shape index (κ2) is 7.46. The fourth-order valence-corrected chi connectivity index (χ4v) is 1.30. The van der Waals surface area contributed by atoms with Crippen molar-refractivity contribution in [1.29, 1.82) is 0 Å². The zero-order valence-corrected chi connectivity index (χ0v) is 10.7. The predicted octanol–water partition coefficient (Wildman–Crippen LogP) is 1.20. The number of pyridine rings is 1. The third-order valence-corrected chi connectivity index (χ3v) is 2.20. The molecule has 0 spiro atoms. The van der Waals surface area contributed by atoms with E-state index in [1.54, 1.807) is 18.5 Å². The van der Waals surface area contributed by atoms with Gasteiger partial charge in [0.2, 0.25) is 0 Å². The van der Waals surface area contributed by atoms with Gasteiger partial charge in [-0.05, 0) is 12.0 Å². The molecule has 0 fully saturated rings. The van der Waals surface area contributed by atoms with Crippen LogP contribution in [0.4, 0.5) is 0 Å². The molecule has 0 aliphatic rings. The molecule has 0 aliphatic heterocycles. The van der Waals surface area contributed by atoms with Crippen molar-refractivity contribution in [2.45, 2.75) is 20.3 Å². The molecule has 0 saturated carbocycles. The van der Waals surface area contributed by atoms with E-state index in [-0.39, 0.29) is 12.5 Å². The SMILES string of the molecule is CC(C)CNC(=O)c1ccncc1C#CCCO. The molecule has 4 heteroatoms. The van der Waals surface area contributed by atoms with Gasteiger partial charge in [-0.25, -0.2) is 0 Å². The zero-order valence-electron chi connectivity index (χ0n) is 10.7. The summed E-state index contributed by atoms with van der Waals surface area (Å²) in [6, 6.07) is 1.65. The van der Waals surface area contributed by atoms with E-state index in [1.807, 2.05) is 13.8 Å². The van der Waals surface area contributed by atoms with Crippen LogP contribution in [-0.4, -0.2) is 29.1 Å². The van der Waals surface area contributed by atoms with Crippen LogP contribution in [0.2, 0.25) is 0 Å². The lowest BCUT2D eigenvalue weighted by Gasteiger charge is -2.08. The molecule has 0 bridgehead atoms. The molecule has 2 N–H and O–H groups in total. The molecule has 0 unspecified atom stereocenters. The number of carbonyl (C=O) groups excluding carboxylic acids is 1. The van der Waals surface area contributed by atoms with Crippen molar-refractivity contribution in [2.75, 3.05) is 13.2 Å². The summed E-state index contributed by atoms with van der Waals surface area (Å²) >= 11 is 0. The van der Waals surface area contributed by atoms with E-state index in [2.05, 4.69) is 22.1 Å². The van der Waals surface area contributed by atoms with Gasteiger partial charge in [-0.3, -0.25) is 9.78 Å². The zero-order chi connectivity index (χ0) is 13.4. The van der Waals surface area contributed by atoms with Crippen LogP contribution in [0.25, 0.3) is 0 Å². The normalized spacial score (nSPS) is 9.78. The molecule has 0 radical (unpaired) electrons. The van der Waals surface area contributed by atoms with E-state index in [1.165, 1.54) is 0 Å². The lowest BCUT2D eigenvalue weighted by Crippen LogP contribution is -2.28. The van der Waals surface area contributed by atoms with E-state index >= 15 is 0 Å². The van der Waals surface area contributed by atoms with Crippen molar-refractivity contribution in [2.24, 2.45) is 5.92 Å².